The van der Waals surface area contributed by atoms with E-state index in [1.807, 2.05) is 24.3 Å². The second-order valence-electron chi connectivity index (χ2n) is 2.05. The average Bonchev–Trinajstić information content (AvgIpc) is 2.08. The van der Waals surface area contributed by atoms with Gasteiger partial charge in [-0.3, -0.25) is 0 Å². The van der Waals surface area contributed by atoms with E-state index in [9.17, 15) is 0 Å². The van der Waals surface area contributed by atoms with Crippen molar-refractivity contribution >= 4 is 11.6 Å². The first-order chi connectivity index (χ1) is 5.85. The van der Waals surface area contributed by atoms with Gasteiger partial charge in [0, 0.05) is 0 Å². The summed E-state index contributed by atoms with van der Waals surface area (Å²) < 4.78 is 16.6. The van der Waals surface area contributed by atoms with Crippen LogP contribution in [0.2, 0.25) is 0 Å². The minimum absolute atomic E-state index is 0.750. The third-order valence-corrected chi connectivity index (χ3v) is 1.22. The van der Waals surface area contributed by atoms with E-state index in [-0.39, 0.29) is 0 Å². The Morgan fingerprint density at radius 1 is 1.25 bits per heavy atom. The largest absolute Gasteiger partial charge is 0.335 e. The molecule has 0 radical (unpaired) electrons. The molecule has 0 N–H and O–H groups in total. The van der Waals surface area contributed by atoms with Crippen LogP contribution in [0.5, 0.6) is 0 Å². The zero-order chi connectivity index (χ0) is 9.23. The molecule has 0 aromatic heterocycles. The Kier molecular flexibility index (Phi) is 7.08. The van der Waals surface area contributed by atoms with Crippen molar-refractivity contribution in [1.82, 2.24) is 0 Å². The molecule has 0 aliphatic heterocycles. The maximum Gasteiger partial charge on any atom is 0.335 e. The summed E-state index contributed by atoms with van der Waals surface area (Å²) in [6, 6.07) is 10.3. The summed E-state index contributed by atoms with van der Waals surface area (Å²) in [4.78, 5) is 0. The fourth-order valence-electron chi connectivity index (χ4n) is 0.781. The van der Waals surface area contributed by atoms with Crippen molar-refractivity contribution < 1.29 is 8.42 Å². The molecule has 0 saturated carbocycles. The van der Waals surface area contributed by atoms with Crippen molar-refractivity contribution in [2.45, 2.75) is 6.42 Å². The SMILES string of the molecule is C=CCc1ccccc1.O=S=O. The summed E-state index contributed by atoms with van der Waals surface area (Å²) in [5.41, 5.74) is 1.33. The van der Waals surface area contributed by atoms with Crippen LogP contribution in [-0.4, -0.2) is 8.42 Å². The Morgan fingerprint density at radius 2 is 1.75 bits per heavy atom. The van der Waals surface area contributed by atoms with Crippen LogP contribution in [0.25, 0.3) is 0 Å². The molecule has 0 aliphatic rings. The summed E-state index contributed by atoms with van der Waals surface area (Å²) in [7, 11) is 0. The highest BCUT2D eigenvalue weighted by molar-refractivity contribution is 7.51. The van der Waals surface area contributed by atoms with Crippen LogP contribution >= 0.6 is 0 Å². The molecule has 1 aromatic carbocycles. The Bertz CT molecular complexity index is 250. The summed E-state index contributed by atoms with van der Waals surface area (Å²) in [6.45, 7) is 3.66. The van der Waals surface area contributed by atoms with E-state index in [4.69, 9.17) is 8.42 Å². The molecule has 0 atom stereocenters. The lowest BCUT2D eigenvalue weighted by atomic mass is 10.2. The van der Waals surface area contributed by atoms with Crippen molar-refractivity contribution in [3.63, 3.8) is 0 Å². The predicted molar refractivity (Wildman–Crippen MR) is 49.3 cm³/mol. The smallest absolute Gasteiger partial charge is 0.168 e. The van der Waals surface area contributed by atoms with Gasteiger partial charge in [0.05, 0.1) is 0 Å². The van der Waals surface area contributed by atoms with Gasteiger partial charge in [-0.1, -0.05) is 36.4 Å². The quantitative estimate of drug-likeness (QED) is 0.653. The zero-order valence-electron chi connectivity index (χ0n) is 6.60. The van der Waals surface area contributed by atoms with Crippen LogP contribution in [0.1, 0.15) is 5.56 Å². The minimum atomic E-state index is -0.750. The van der Waals surface area contributed by atoms with E-state index in [0.717, 1.165) is 6.42 Å². The van der Waals surface area contributed by atoms with Gasteiger partial charge in [0.15, 0.2) is 0 Å². The van der Waals surface area contributed by atoms with Crippen molar-refractivity contribution in [1.29, 1.82) is 0 Å². The fraction of sp³-hybridized carbons (Fsp3) is 0.111. The number of hydrogen-bond acceptors (Lipinski definition) is 2. The van der Waals surface area contributed by atoms with Crippen molar-refractivity contribution in [3.8, 4) is 0 Å². The lowest BCUT2D eigenvalue weighted by molar-refractivity contribution is 0.630. The topological polar surface area (TPSA) is 34.1 Å². The Balaban J connectivity index is 0.000000354. The molecule has 0 fully saturated rings. The van der Waals surface area contributed by atoms with E-state index < -0.39 is 11.6 Å². The molecule has 0 aliphatic carbocycles. The summed E-state index contributed by atoms with van der Waals surface area (Å²) >= 11 is -0.750. The molecular formula is C9H10O2S. The van der Waals surface area contributed by atoms with Crippen LogP contribution in [-0.2, 0) is 18.0 Å². The van der Waals surface area contributed by atoms with E-state index in [2.05, 4.69) is 18.7 Å². The summed E-state index contributed by atoms with van der Waals surface area (Å²) in [6.07, 6.45) is 2.89. The first-order valence-electron chi connectivity index (χ1n) is 3.41. The van der Waals surface area contributed by atoms with E-state index >= 15 is 0 Å². The second kappa shape index (κ2) is 7.88. The maximum absolute atomic E-state index is 8.29. The molecule has 2 nitrogen and oxygen atoms in total. The molecule has 0 bridgehead atoms. The lowest BCUT2D eigenvalue weighted by Crippen LogP contribution is -1.75. The van der Waals surface area contributed by atoms with Crippen LogP contribution in [0.15, 0.2) is 43.0 Å². The van der Waals surface area contributed by atoms with Gasteiger partial charge in [0.25, 0.3) is 0 Å². The normalized spacial score (nSPS) is 7.67. The Hall–Kier alpha value is -1.22. The van der Waals surface area contributed by atoms with Crippen molar-refractivity contribution in [2.24, 2.45) is 0 Å². The molecule has 0 amide bonds. The van der Waals surface area contributed by atoms with Gasteiger partial charge < -0.3 is 0 Å². The number of allylic oxidation sites excluding steroid dienone is 1. The van der Waals surface area contributed by atoms with Gasteiger partial charge in [-0.15, -0.1) is 6.58 Å². The van der Waals surface area contributed by atoms with Crippen LogP contribution < -0.4 is 0 Å². The van der Waals surface area contributed by atoms with E-state index in [0.29, 0.717) is 0 Å². The lowest BCUT2D eigenvalue weighted by Gasteiger charge is -1.91. The molecule has 0 unspecified atom stereocenters. The van der Waals surface area contributed by atoms with Gasteiger partial charge in [0.2, 0.25) is 0 Å². The first-order valence-corrected chi connectivity index (χ1v) is 4.08. The van der Waals surface area contributed by atoms with Crippen LogP contribution in [0.3, 0.4) is 0 Å². The molecule has 1 rings (SSSR count). The van der Waals surface area contributed by atoms with Crippen LogP contribution in [0, 0.1) is 0 Å². The third kappa shape index (κ3) is 5.56. The fourth-order valence-corrected chi connectivity index (χ4v) is 0.781. The van der Waals surface area contributed by atoms with Gasteiger partial charge in [0.1, 0.15) is 0 Å². The zero-order valence-corrected chi connectivity index (χ0v) is 7.42. The summed E-state index contributed by atoms with van der Waals surface area (Å²) in [5, 5.41) is 0. The highest BCUT2D eigenvalue weighted by Crippen LogP contribution is 1.98. The van der Waals surface area contributed by atoms with E-state index in [1.54, 1.807) is 0 Å². The molecule has 64 valence electrons. The first kappa shape index (κ1) is 10.8. The summed E-state index contributed by atoms with van der Waals surface area (Å²) in [5.74, 6) is 0. The molecular weight excluding hydrogens is 172 g/mol. The molecule has 0 saturated heterocycles. The van der Waals surface area contributed by atoms with Crippen molar-refractivity contribution in [3.05, 3.63) is 48.6 Å². The van der Waals surface area contributed by atoms with Crippen molar-refractivity contribution in [2.75, 3.05) is 0 Å². The standard InChI is InChI=1S/C9H10.O2S/c1-2-6-9-7-4-3-5-8-9;1-3-2/h2-5,7-8H,1,6H2;. The number of hydrogen-bond donors (Lipinski definition) is 0. The molecule has 0 heterocycles. The van der Waals surface area contributed by atoms with Crippen LogP contribution in [0.4, 0.5) is 0 Å². The van der Waals surface area contributed by atoms with E-state index in [1.165, 1.54) is 5.56 Å². The Labute approximate surface area is 75.5 Å². The van der Waals surface area contributed by atoms with Gasteiger partial charge in [-0.05, 0) is 12.0 Å². The third-order valence-electron chi connectivity index (χ3n) is 1.22. The highest BCUT2D eigenvalue weighted by Gasteiger charge is 1.82. The second-order valence-corrected chi connectivity index (χ2v) is 2.18. The monoisotopic (exact) mass is 182 g/mol. The van der Waals surface area contributed by atoms with Gasteiger partial charge in [-0.2, -0.15) is 8.42 Å². The van der Waals surface area contributed by atoms with Gasteiger partial charge in [-0.25, -0.2) is 0 Å². The molecule has 3 heteroatoms. The molecule has 12 heavy (non-hydrogen) atoms. The molecule has 1 aromatic rings. The highest BCUT2D eigenvalue weighted by atomic mass is 32.1. The maximum atomic E-state index is 8.29. The molecule has 0 spiro atoms. The van der Waals surface area contributed by atoms with Gasteiger partial charge >= 0.3 is 11.6 Å². The average molecular weight is 182 g/mol. The number of benzene rings is 1. The predicted octanol–water partition coefficient (Wildman–Crippen LogP) is 1.74. The Morgan fingerprint density at radius 3 is 2.17 bits per heavy atom. The minimum Gasteiger partial charge on any atom is -0.168 e. The number of rotatable bonds is 2.